The van der Waals surface area contributed by atoms with Gasteiger partial charge in [-0.15, -0.1) is 0 Å². The van der Waals surface area contributed by atoms with E-state index in [9.17, 15) is 16.8 Å². The Bertz CT molecular complexity index is 537. The van der Waals surface area contributed by atoms with Crippen LogP contribution in [0.15, 0.2) is 0 Å². The van der Waals surface area contributed by atoms with Gasteiger partial charge in [0.1, 0.15) is 0 Å². The molecule has 0 aliphatic heterocycles. The highest BCUT2D eigenvalue weighted by atomic mass is 32.2. The predicted octanol–water partition coefficient (Wildman–Crippen LogP) is 0.250. The molecular formula is C14H28O8S2. The maximum Gasteiger partial charge on any atom is 0.264 e. The highest BCUT2D eigenvalue weighted by Crippen LogP contribution is 2.42. The van der Waals surface area contributed by atoms with Gasteiger partial charge in [-0.1, -0.05) is 12.8 Å². The maximum absolute atomic E-state index is 10.8. The Balaban J connectivity index is 0.000000300. The third-order valence-corrected chi connectivity index (χ3v) is 5.75. The fraction of sp³-hybridized carbons (Fsp3) is 1.00. The molecule has 8 nitrogen and oxygen atoms in total. The Kier molecular flexibility index (Phi) is 7.64. The summed E-state index contributed by atoms with van der Waals surface area (Å²) >= 11 is 0. The van der Waals surface area contributed by atoms with E-state index in [-0.39, 0.29) is 31.8 Å². The summed E-state index contributed by atoms with van der Waals surface area (Å²) in [6.45, 7) is 0.287. The summed E-state index contributed by atoms with van der Waals surface area (Å²) in [6.07, 6.45) is 7.48. The monoisotopic (exact) mass is 388 g/mol. The highest BCUT2D eigenvalue weighted by molar-refractivity contribution is 7.86. The molecule has 2 saturated carbocycles. The molecule has 0 aromatic heterocycles. The molecule has 2 fully saturated rings. The second-order valence-corrected chi connectivity index (χ2v) is 10.2. The van der Waals surface area contributed by atoms with Crippen molar-refractivity contribution in [2.24, 2.45) is 10.8 Å². The standard InChI is InChI=1S/C8H16O6S2.C6H12O2/c1-15(9,10)13-6-8(4-3-5-8)7-14-16(2,11)12;7-4-6(5-8)2-1-3-6/h3-7H2,1-2H3;7-8H,1-5H2. The van der Waals surface area contributed by atoms with E-state index in [0.29, 0.717) is 0 Å². The molecule has 2 aliphatic rings. The van der Waals surface area contributed by atoms with E-state index in [1.807, 2.05) is 0 Å². The van der Waals surface area contributed by atoms with E-state index >= 15 is 0 Å². The third-order valence-electron chi connectivity index (χ3n) is 4.66. The van der Waals surface area contributed by atoms with Crippen LogP contribution in [0.5, 0.6) is 0 Å². The number of rotatable bonds is 8. The fourth-order valence-corrected chi connectivity index (χ4v) is 3.44. The number of aliphatic hydroxyl groups is 2. The first-order valence-corrected chi connectivity index (χ1v) is 11.5. The van der Waals surface area contributed by atoms with Crippen molar-refractivity contribution < 1.29 is 35.4 Å². The van der Waals surface area contributed by atoms with Gasteiger partial charge in [0.15, 0.2) is 0 Å². The molecule has 0 amide bonds. The van der Waals surface area contributed by atoms with Crippen LogP contribution in [0.4, 0.5) is 0 Å². The topological polar surface area (TPSA) is 127 Å². The molecule has 0 aromatic carbocycles. The summed E-state index contributed by atoms with van der Waals surface area (Å²) < 4.78 is 52.7. The molecule has 0 spiro atoms. The van der Waals surface area contributed by atoms with Crippen LogP contribution in [-0.4, -0.2) is 66.0 Å². The van der Waals surface area contributed by atoms with Crippen LogP contribution in [0.25, 0.3) is 0 Å². The Morgan fingerprint density at radius 2 is 1.08 bits per heavy atom. The zero-order valence-corrected chi connectivity index (χ0v) is 15.9. The van der Waals surface area contributed by atoms with E-state index in [2.05, 4.69) is 0 Å². The van der Waals surface area contributed by atoms with E-state index in [0.717, 1.165) is 44.6 Å². The molecule has 144 valence electrons. The summed E-state index contributed by atoms with van der Waals surface area (Å²) in [5.41, 5.74) is -0.549. The van der Waals surface area contributed by atoms with Crippen molar-refractivity contribution in [1.29, 1.82) is 0 Å². The van der Waals surface area contributed by atoms with Crippen LogP contribution in [0.1, 0.15) is 38.5 Å². The first kappa shape index (κ1) is 21.8. The summed E-state index contributed by atoms with van der Waals surface area (Å²) in [5.74, 6) is 0. The smallest absolute Gasteiger partial charge is 0.264 e. The minimum absolute atomic E-state index is 0.0125. The Hall–Kier alpha value is -0.260. The second kappa shape index (κ2) is 8.41. The van der Waals surface area contributed by atoms with Crippen molar-refractivity contribution in [3.05, 3.63) is 0 Å². The minimum Gasteiger partial charge on any atom is -0.396 e. The zero-order chi connectivity index (χ0) is 18.5. The van der Waals surface area contributed by atoms with Crippen molar-refractivity contribution >= 4 is 20.2 Å². The Morgan fingerprint density at radius 1 is 0.750 bits per heavy atom. The molecule has 0 unspecified atom stereocenters. The average Bonchev–Trinajstić information content (AvgIpc) is 2.35. The molecule has 2 aliphatic carbocycles. The number of hydrogen-bond donors (Lipinski definition) is 2. The van der Waals surface area contributed by atoms with Crippen molar-refractivity contribution in [3.8, 4) is 0 Å². The van der Waals surface area contributed by atoms with Gasteiger partial charge in [0.05, 0.1) is 38.9 Å². The van der Waals surface area contributed by atoms with Crippen molar-refractivity contribution in [2.75, 3.05) is 38.9 Å². The molecule has 10 heteroatoms. The van der Waals surface area contributed by atoms with Crippen LogP contribution in [0.2, 0.25) is 0 Å². The Morgan fingerprint density at radius 3 is 1.21 bits per heavy atom. The van der Waals surface area contributed by atoms with E-state index in [4.69, 9.17) is 18.6 Å². The van der Waals surface area contributed by atoms with Gasteiger partial charge < -0.3 is 10.2 Å². The summed E-state index contributed by atoms with van der Waals surface area (Å²) in [6, 6.07) is 0. The largest absolute Gasteiger partial charge is 0.396 e. The van der Waals surface area contributed by atoms with Gasteiger partial charge in [-0.05, 0) is 25.7 Å². The highest BCUT2D eigenvalue weighted by Gasteiger charge is 2.39. The SMILES string of the molecule is CS(=O)(=O)OCC1(COS(C)(=O)=O)CCC1.OCC1(CO)CCC1. The average molecular weight is 389 g/mol. The first-order valence-electron chi connectivity index (χ1n) is 7.85. The quantitative estimate of drug-likeness (QED) is 0.567. The van der Waals surface area contributed by atoms with Gasteiger partial charge in [0.25, 0.3) is 20.2 Å². The lowest BCUT2D eigenvalue weighted by Crippen LogP contribution is -2.40. The van der Waals surface area contributed by atoms with Crippen LogP contribution in [0, 0.1) is 10.8 Å². The van der Waals surface area contributed by atoms with Gasteiger partial charge in [0.2, 0.25) is 0 Å². The van der Waals surface area contributed by atoms with E-state index < -0.39 is 25.7 Å². The molecular weight excluding hydrogens is 360 g/mol. The molecule has 0 radical (unpaired) electrons. The van der Waals surface area contributed by atoms with Crippen molar-refractivity contribution in [2.45, 2.75) is 38.5 Å². The van der Waals surface area contributed by atoms with Gasteiger partial charge in [-0.3, -0.25) is 8.37 Å². The molecule has 2 rings (SSSR count). The van der Waals surface area contributed by atoms with Crippen LogP contribution in [-0.2, 0) is 28.6 Å². The lowest BCUT2D eigenvalue weighted by atomic mass is 9.70. The summed E-state index contributed by atoms with van der Waals surface area (Å²) in [5, 5.41) is 17.4. The normalized spacial score (nSPS) is 21.8. The second-order valence-electron chi connectivity index (χ2n) is 6.96. The molecule has 0 atom stereocenters. The van der Waals surface area contributed by atoms with Crippen molar-refractivity contribution in [3.63, 3.8) is 0 Å². The summed E-state index contributed by atoms with van der Waals surface area (Å²) in [4.78, 5) is 0. The maximum atomic E-state index is 10.8. The van der Waals surface area contributed by atoms with E-state index in [1.54, 1.807) is 0 Å². The molecule has 0 bridgehead atoms. The van der Waals surface area contributed by atoms with Crippen LogP contribution >= 0.6 is 0 Å². The van der Waals surface area contributed by atoms with E-state index in [1.165, 1.54) is 6.42 Å². The predicted molar refractivity (Wildman–Crippen MR) is 88.3 cm³/mol. The van der Waals surface area contributed by atoms with Crippen LogP contribution in [0.3, 0.4) is 0 Å². The third kappa shape index (κ3) is 7.32. The van der Waals surface area contributed by atoms with Crippen molar-refractivity contribution in [1.82, 2.24) is 0 Å². The molecule has 0 aromatic rings. The number of aliphatic hydroxyl groups excluding tert-OH is 2. The summed E-state index contributed by atoms with van der Waals surface area (Å²) in [7, 11) is -6.98. The zero-order valence-electron chi connectivity index (χ0n) is 14.2. The van der Waals surface area contributed by atoms with Gasteiger partial charge in [-0.25, -0.2) is 0 Å². The molecule has 0 heterocycles. The van der Waals surface area contributed by atoms with Gasteiger partial charge >= 0.3 is 0 Å². The lowest BCUT2D eigenvalue weighted by Gasteiger charge is -2.40. The molecule has 2 N–H and O–H groups in total. The Labute approximate surface area is 144 Å². The first-order chi connectivity index (χ1) is 10.9. The molecule has 24 heavy (non-hydrogen) atoms. The number of hydrogen-bond acceptors (Lipinski definition) is 8. The van der Waals surface area contributed by atoms with Gasteiger partial charge in [-0.2, -0.15) is 16.8 Å². The molecule has 0 saturated heterocycles. The lowest BCUT2D eigenvalue weighted by molar-refractivity contribution is -0.00908. The van der Waals surface area contributed by atoms with Gasteiger partial charge in [0, 0.05) is 10.8 Å². The fourth-order valence-electron chi connectivity index (χ4n) is 2.51. The van der Waals surface area contributed by atoms with Crippen LogP contribution < -0.4 is 0 Å². The minimum atomic E-state index is -3.49.